The van der Waals surface area contributed by atoms with Crippen molar-refractivity contribution in [1.29, 1.82) is 0 Å². The molecule has 2 aliphatic rings. The first kappa shape index (κ1) is 12.3. The Bertz CT molecular complexity index is 204. The highest BCUT2D eigenvalue weighted by molar-refractivity contribution is 4.73. The summed E-state index contributed by atoms with van der Waals surface area (Å²) in [6.45, 7) is 3.50. The molecule has 1 heterocycles. The SMILES string of the molecule is CN1CCOC(COC2CCC(O)CC2)C1. The minimum atomic E-state index is -0.100. The maximum Gasteiger partial charge on any atom is 0.0935 e. The van der Waals surface area contributed by atoms with Gasteiger partial charge in [-0.25, -0.2) is 0 Å². The molecule has 2 rings (SSSR count). The number of likely N-dealkylation sites (N-methyl/N-ethyl adjacent to an activating group) is 1. The quantitative estimate of drug-likeness (QED) is 0.771. The molecule has 0 amide bonds. The molecule has 1 atom stereocenters. The number of hydrogen-bond donors (Lipinski definition) is 1. The number of morpholine rings is 1. The highest BCUT2D eigenvalue weighted by Gasteiger charge is 2.23. The van der Waals surface area contributed by atoms with E-state index in [-0.39, 0.29) is 12.2 Å². The second-order valence-corrected chi connectivity index (χ2v) is 5.02. The molecule has 0 spiro atoms. The lowest BCUT2D eigenvalue weighted by Gasteiger charge is -2.32. The van der Waals surface area contributed by atoms with Crippen molar-refractivity contribution >= 4 is 0 Å². The van der Waals surface area contributed by atoms with Crippen LogP contribution < -0.4 is 0 Å². The molecule has 94 valence electrons. The van der Waals surface area contributed by atoms with Crippen LogP contribution in [0.4, 0.5) is 0 Å². The highest BCUT2D eigenvalue weighted by Crippen LogP contribution is 2.21. The van der Waals surface area contributed by atoms with Gasteiger partial charge in [0.15, 0.2) is 0 Å². The minimum absolute atomic E-state index is 0.100. The van der Waals surface area contributed by atoms with Crippen LogP contribution in [0.15, 0.2) is 0 Å². The first-order valence-electron chi connectivity index (χ1n) is 6.34. The van der Waals surface area contributed by atoms with Crippen LogP contribution in [0, 0.1) is 0 Å². The number of aliphatic hydroxyl groups is 1. The topological polar surface area (TPSA) is 41.9 Å². The summed E-state index contributed by atoms with van der Waals surface area (Å²) in [5.41, 5.74) is 0. The summed E-state index contributed by atoms with van der Waals surface area (Å²) >= 11 is 0. The lowest BCUT2D eigenvalue weighted by Crippen LogP contribution is -2.43. The Morgan fingerprint density at radius 2 is 2.06 bits per heavy atom. The van der Waals surface area contributed by atoms with E-state index >= 15 is 0 Å². The smallest absolute Gasteiger partial charge is 0.0935 e. The van der Waals surface area contributed by atoms with Crippen LogP contribution in [0.25, 0.3) is 0 Å². The van der Waals surface area contributed by atoms with Crippen LogP contribution in [-0.2, 0) is 9.47 Å². The zero-order valence-electron chi connectivity index (χ0n) is 10.1. The molecule has 1 saturated carbocycles. The van der Waals surface area contributed by atoms with Crippen molar-refractivity contribution in [3.63, 3.8) is 0 Å². The van der Waals surface area contributed by atoms with Crippen molar-refractivity contribution in [2.24, 2.45) is 0 Å². The molecule has 0 aromatic rings. The van der Waals surface area contributed by atoms with E-state index in [1.807, 2.05) is 0 Å². The van der Waals surface area contributed by atoms with E-state index < -0.39 is 0 Å². The van der Waals surface area contributed by atoms with Gasteiger partial charge in [0.2, 0.25) is 0 Å². The van der Waals surface area contributed by atoms with Crippen molar-refractivity contribution in [2.45, 2.75) is 44.0 Å². The van der Waals surface area contributed by atoms with Gasteiger partial charge >= 0.3 is 0 Å². The van der Waals surface area contributed by atoms with Crippen LogP contribution in [0.3, 0.4) is 0 Å². The number of nitrogens with zero attached hydrogens (tertiary/aromatic N) is 1. The fourth-order valence-corrected chi connectivity index (χ4v) is 2.42. The van der Waals surface area contributed by atoms with Crippen LogP contribution >= 0.6 is 0 Å². The van der Waals surface area contributed by atoms with Gasteiger partial charge in [-0.2, -0.15) is 0 Å². The normalized spacial score (nSPS) is 37.5. The van der Waals surface area contributed by atoms with Gasteiger partial charge in [0, 0.05) is 13.1 Å². The Hall–Kier alpha value is -0.160. The van der Waals surface area contributed by atoms with E-state index in [4.69, 9.17) is 9.47 Å². The van der Waals surface area contributed by atoms with E-state index in [0.29, 0.717) is 12.7 Å². The largest absolute Gasteiger partial charge is 0.393 e. The van der Waals surface area contributed by atoms with Gasteiger partial charge in [-0.15, -0.1) is 0 Å². The van der Waals surface area contributed by atoms with Gasteiger partial charge in [-0.1, -0.05) is 0 Å². The first-order chi connectivity index (χ1) is 7.74. The Labute approximate surface area is 97.5 Å². The number of ether oxygens (including phenoxy) is 2. The van der Waals surface area contributed by atoms with E-state index in [1.165, 1.54) is 0 Å². The second-order valence-electron chi connectivity index (χ2n) is 5.02. The van der Waals surface area contributed by atoms with Gasteiger partial charge in [0.25, 0.3) is 0 Å². The third-order valence-electron chi connectivity index (χ3n) is 3.50. The Kier molecular flexibility index (Phi) is 4.58. The molecule has 4 nitrogen and oxygen atoms in total. The Morgan fingerprint density at radius 1 is 1.31 bits per heavy atom. The summed E-state index contributed by atoms with van der Waals surface area (Å²) in [6, 6.07) is 0. The molecule has 1 saturated heterocycles. The molecule has 16 heavy (non-hydrogen) atoms. The number of hydrogen-bond acceptors (Lipinski definition) is 4. The molecule has 4 heteroatoms. The van der Waals surface area contributed by atoms with E-state index in [1.54, 1.807) is 0 Å². The lowest BCUT2D eigenvalue weighted by atomic mass is 9.95. The Balaban J connectivity index is 1.63. The molecular weight excluding hydrogens is 206 g/mol. The molecule has 2 fully saturated rings. The van der Waals surface area contributed by atoms with Crippen molar-refractivity contribution in [2.75, 3.05) is 33.4 Å². The molecule has 1 unspecified atom stereocenters. The van der Waals surface area contributed by atoms with Gasteiger partial charge in [0.05, 0.1) is 31.5 Å². The summed E-state index contributed by atoms with van der Waals surface area (Å²) in [5.74, 6) is 0. The second kappa shape index (κ2) is 5.96. The van der Waals surface area contributed by atoms with Gasteiger partial charge in [0.1, 0.15) is 0 Å². The predicted octanol–water partition coefficient (Wildman–Crippen LogP) is 0.637. The molecule has 0 radical (unpaired) electrons. The molecule has 0 aromatic carbocycles. The molecular formula is C12H23NO3. The zero-order valence-corrected chi connectivity index (χ0v) is 10.1. The standard InChI is InChI=1S/C12H23NO3/c1-13-6-7-15-12(8-13)9-16-11-4-2-10(14)3-5-11/h10-12,14H,2-9H2,1H3. The fourth-order valence-electron chi connectivity index (χ4n) is 2.42. The van der Waals surface area contributed by atoms with Gasteiger partial charge in [-0.05, 0) is 32.7 Å². The summed E-state index contributed by atoms with van der Waals surface area (Å²) in [7, 11) is 2.12. The van der Waals surface area contributed by atoms with E-state index in [0.717, 1.165) is 45.4 Å². The number of aliphatic hydroxyl groups excluding tert-OH is 1. The maximum atomic E-state index is 9.39. The van der Waals surface area contributed by atoms with Crippen molar-refractivity contribution in [3.05, 3.63) is 0 Å². The first-order valence-corrected chi connectivity index (χ1v) is 6.34. The summed E-state index contributed by atoms with van der Waals surface area (Å²) in [6.07, 6.45) is 4.21. The predicted molar refractivity (Wildman–Crippen MR) is 61.5 cm³/mol. The Morgan fingerprint density at radius 3 is 2.75 bits per heavy atom. The van der Waals surface area contributed by atoms with Crippen LogP contribution in [0.1, 0.15) is 25.7 Å². The van der Waals surface area contributed by atoms with Crippen LogP contribution in [0.5, 0.6) is 0 Å². The van der Waals surface area contributed by atoms with Gasteiger partial charge in [-0.3, -0.25) is 0 Å². The van der Waals surface area contributed by atoms with E-state index in [2.05, 4.69) is 11.9 Å². The third-order valence-corrected chi connectivity index (χ3v) is 3.50. The monoisotopic (exact) mass is 229 g/mol. The molecule has 1 N–H and O–H groups in total. The molecule has 0 aromatic heterocycles. The molecule has 1 aliphatic carbocycles. The third kappa shape index (κ3) is 3.70. The van der Waals surface area contributed by atoms with Crippen LogP contribution in [0.2, 0.25) is 0 Å². The average molecular weight is 229 g/mol. The number of rotatable bonds is 3. The minimum Gasteiger partial charge on any atom is -0.393 e. The van der Waals surface area contributed by atoms with Crippen molar-refractivity contribution < 1.29 is 14.6 Å². The van der Waals surface area contributed by atoms with Crippen LogP contribution in [-0.4, -0.2) is 61.7 Å². The summed E-state index contributed by atoms with van der Waals surface area (Å²) < 4.78 is 11.5. The van der Waals surface area contributed by atoms with Gasteiger partial charge < -0.3 is 19.5 Å². The summed E-state index contributed by atoms with van der Waals surface area (Å²) in [5, 5.41) is 9.39. The maximum absolute atomic E-state index is 9.39. The van der Waals surface area contributed by atoms with Crippen molar-refractivity contribution in [3.8, 4) is 0 Å². The zero-order chi connectivity index (χ0) is 11.4. The highest BCUT2D eigenvalue weighted by atomic mass is 16.5. The van der Waals surface area contributed by atoms with E-state index in [9.17, 15) is 5.11 Å². The fraction of sp³-hybridized carbons (Fsp3) is 1.00. The summed E-state index contributed by atoms with van der Waals surface area (Å²) in [4.78, 5) is 2.28. The molecule has 1 aliphatic heterocycles. The molecule has 0 bridgehead atoms. The average Bonchev–Trinajstić information content (AvgIpc) is 2.28. The lowest BCUT2D eigenvalue weighted by molar-refractivity contribution is -0.0907. The van der Waals surface area contributed by atoms with Crippen molar-refractivity contribution in [1.82, 2.24) is 4.90 Å².